The molecule has 0 saturated carbocycles. The van der Waals surface area contributed by atoms with E-state index in [1.165, 1.54) is 6.42 Å². The summed E-state index contributed by atoms with van der Waals surface area (Å²) in [5, 5.41) is 3.37. The van der Waals surface area contributed by atoms with Crippen molar-refractivity contribution in [3.8, 4) is 0 Å². The number of likely N-dealkylation sites (N-methyl/N-ethyl adjacent to an activating group) is 1. The molecule has 0 aliphatic carbocycles. The van der Waals surface area contributed by atoms with E-state index in [2.05, 4.69) is 27.2 Å². The van der Waals surface area contributed by atoms with Gasteiger partial charge in [0, 0.05) is 19.6 Å². The summed E-state index contributed by atoms with van der Waals surface area (Å²) < 4.78 is 0. The summed E-state index contributed by atoms with van der Waals surface area (Å²) in [5.74, 6) is 0.956. The van der Waals surface area contributed by atoms with Gasteiger partial charge in [-0.05, 0) is 25.1 Å². The summed E-state index contributed by atoms with van der Waals surface area (Å²) in [6.07, 6.45) is 3.03. The third kappa shape index (κ3) is 2.40. The van der Waals surface area contributed by atoms with Crippen LogP contribution in [0.3, 0.4) is 0 Å². The summed E-state index contributed by atoms with van der Waals surface area (Å²) in [4.78, 5) is 11.3. The van der Waals surface area contributed by atoms with Crippen molar-refractivity contribution in [2.45, 2.75) is 12.5 Å². The molecule has 2 heterocycles. The Balaban J connectivity index is 0.00000120. The molecule has 1 saturated heterocycles. The summed E-state index contributed by atoms with van der Waals surface area (Å²) in [6, 6.07) is 8.51. The SMILES string of the molecule is CN(c1cnc2ccccc2n1)C1CCNC1.Cl. The van der Waals surface area contributed by atoms with Gasteiger partial charge in [0.2, 0.25) is 0 Å². The molecule has 1 aliphatic heterocycles. The molecular weight excluding hydrogens is 248 g/mol. The summed E-state index contributed by atoms with van der Waals surface area (Å²) in [6.45, 7) is 2.13. The highest BCUT2D eigenvalue weighted by molar-refractivity contribution is 5.85. The van der Waals surface area contributed by atoms with Gasteiger partial charge in [-0.2, -0.15) is 0 Å². The van der Waals surface area contributed by atoms with Crippen molar-refractivity contribution in [2.75, 3.05) is 25.0 Å². The molecule has 1 atom stereocenters. The zero-order valence-corrected chi connectivity index (χ0v) is 11.2. The fourth-order valence-electron chi connectivity index (χ4n) is 2.27. The number of nitrogens with zero attached hydrogens (tertiary/aromatic N) is 3. The van der Waals surface area contributed by atoms with Crippen LogP contribution in [0, 0.1) is 0 Å². The Labute approximate surface area is 113 Å². The molecule has 1 aromatic heterocycles. The van der Waals surface area contributed by atoms with Crippen molar-refractivity contribution in [1.29, 1.82) is 0 Å². The van der Waals surface area contributed by atoms with Crippen LogP contribution in [0.2, 0.25) is 0 Å². The van der Waals surface area contributed by atoms with Crippen molar-refractivity contribution in [3.05, 3.63) is 30.5 Å². The smallest absolute Gasteiger partial charge is 0.147 e. The maximum Gasteiger partial charge on any atom is 0.147 e. The molecule has 0 amide bonds. The van der Waals surface area contributed by atoms with Crippen molar-refractivity contribution in [1.82, 2.24) is 15.3 Å². The van der Waals surface area contributed by atoms with Crippen LogP contribution in [-0.2, 0) is 0 Å². The third-order valence-corrected chi connectivity index (χ3v) is 3.38. The lowest BCUT2D eigenvalue weighted by atomic mass is 10.2. The average Bonchev–Trinajstić information content (AvgIpc) is 2.91. The van der Waals surface area contributed by atoms with E-state index in [-0.39, 0.29) is 12.4 Å². The lowest BCUT2D eigenvalue weighted by Crippen LogP contribution is -2.33. The zero-order chi connectivity index (χ0) is 11.7. The fraction of sp³-hybridized carbons (Fsp3) is 0.385. The molecule has 3 rings (SSSR count). The summed E-state index contributed by atoms with van der Waals surface area (Å²) >= 11 is 0. The van der Waals surface area contributed by atoms with Crippen LogP contribution in [0.1, 0.15) is 6.42 Å². The number of anilines is 1. The topological polar surface area (TPSA) is 41.1 Å². The van der Waals surface area contributed by atoms with Gasteiger partial charge < -0.3 is 10.2 Å². The second-order valence-corrected chi connectivity index (χ2v) is 4.47. The molecule has 1 aromatic carbocycles. The van der Waals surface area contributed by atoms with Crippen molar-refractivity contribution >= 4 is 29.3 Å². The van der Waals surface area contributed by atoms with E-state index in [4.69, 9.17) is 0 Å². The summed E-state index contributed by atoms with van der Waals surface area (Å²) in [7, 11) is 2.09. The van der Waals surface area contributed by atoms with E-state index in [9.17, 15) is 0 Å². The monoisotopic (exact) mass is 264 g/mol. The molecule has 4 nitrogen and oxygen atoms in total. The summed E-state index contributed by atoms with van der Waals surface area (Å²) in [5.41, 5.74) is 1.91. The first kappa shape index (κ1) is 13.1. The Bertz CT molecular complexity index is 525. The third-order valence-electron chi connectivity index (χ3n) is 3.38. The molecule has 96 valence electrons. The Hall–Kier alpha value is -1.39. The van der Waals surface area contributed by atoms with Gasteiger partial charge >= 0.3 is 0 Å². The Morgan fingerprint density at radius 1 is 1.28 bits per heavy atom. The average molecular weight is 265 g/mol. The van der Waals surface area contributed by atoms with Gasteiger partial charge in [-0.25, -0.2) is 4.98 Å². The standard InChI is InChI=1S/C13H16N4.ClH/c1-17(10-6-7-14-8-10)13-9-15-11-4-2-3-5-12(11)16-13;/h2-5,9-10,14H,6-8H2,1H3;1H. The number of benzene rings is 1. The van der Waals surface area contributed by atoms with Crippen LogP contribution < -0.4 is 10.2 Å². The molecule has 1 N–H and O–H groups in total. The van der Waals surface area contributed by atoms with E-state index in [1.807, 2.05) is 30.5 Å². The van der Waals surface area contributed by atoms with Crippen molar-refractivity contribution in [2.24, 2.45) is 0 Å². The molecule has 0 radical (unpaired) electrons. The van der Waals surface area contributed by atoms with E-state index < -0.39 is 0 Å². The van der Waals surface area contributed by atoms with Gasteiger partial charge in [-0.15, -0.1) is 12.4 Å². The van der Waals surface area contributed by atoms with Gasteiger partial charge in [0.05, 0.1) is 17.2 Å². The molecule has 0 bridgehead atoms. The van der Waals surface area contributed by atoms with Gasteiger partial charge in [0.15, 0.2) is 0 Å². The molecule has 1 unspecified atom stereocenters. The van der Waals surface area contributed by atoms with Crippen molar-refractivity contribution < 1.29 is 0 Å². The van der Waals surface area contributed by atoms with Gasteiger partial charge in [0.1, 0.15) is 5.82 Å². The molecule has 1 fully saturated rings. The predicted octanol–water partition coefficient (Wildman–Crippen LogP) is 1.85. The number of halogens is 1. The first-order valence-corrected chi connectivity index (χ1v) is 6.00. The normalized spacial score (nSPS) is 18.6. The van der Waals surface area contributed by atoms with E-state index >= 15 is 0 Å². The van der Waals surface area contributed by atoms with E-state index in [0.29, 0.717) is 6.04 Å². The minimum Gasteiger partial charge on any atom is -0.354 e. The number of hydrogen-bond acceptors (Lipinski definition) is 4. The maximum absolute atomic E-state index is 4.66. The number of fused-ring (bicyclic) bond motifs is 1. The molecular formula is C13H17ClN4. The van der Waals surface area contributed by atoms with E-state index in [1.54, 1.807) is 0 Å². The van der Waals surface area contributed by atoms with Crippen LogP contribution in [0.15, 0.2) is 30.5 Å². The lowest BCUT2D eigenvalue weighted by Gasteiger charge is -2.24. The van der Waals surface area contributed by atoms with Crippen LogP contribution in [0.25, 0.3) is 11.0 Å². The van der Waals surface area contributed by atoms with Crippen LogP contribution in [0.4, 0.5) is 5.82 Å². The number of hydrogen-bond donors (Lipinski definition) is 1. The Morgan fingerprint density at radius 2 is 2.06 bits per heavy atom. The number of aromatic nitrogens is 2. The van der Waals surface area contributed by atoms with Gasteiger partial charge in [-0.3, -0.25) is 4.98 Å². The van der Waals surface area contributed by atoms with Crippen molar-refractivity contribution in [3.63, 3.8) is 0 Å². The second kappa shape index (κ2) is 5.50. The highest BCUT2D eigenvalue weighted by Gasteiger charge is 2.20. The minimum absolute atomic E-state index is 0. The predicted molar refractivity (Wildman–Crippen MR) is 76.5 cm³/mol. The Morgan fingerprint density at radius 3 is 2.78 bits per heavy atom. The Kier molecular flexibility index (Phi) is 3.99. The largest absolute Gasteiger partial charge is 0.354 e. The van der Waals surface area contributed by atoms with Gasteiger partial charge in [0.25, 0.3) is 0 Å². The minimum atomic E-state index is 0. The maximum atomic E-state index is 4.66. The number of rotatable bonds is 2. The van der Waals surface area contributed by atoms with Crippen LogP contribution >= 0.6 is 12.4 Å². The quantitative estimate of drug-likeness (QED) is 0.899. The molecule has 2 aromatic rings. The van der Waals surface area contributed by atoms with Gasteiger partial charge in [-0.1, -0.05) is 12.1 Å². The van der Waals surface area contributed by atoms with Crippen LogP contribution in [-0.4, -0.2) is 36.1 Å². The number of nitrogens with one attached hydrogen (secondary N) is 1. The highest BCUT2D eigenvalue weighted by Crippen LogP contribution is 2.18. The lowest BCUT2D eigenvalue weighted by molar-refractivity contribution is 0.678. The molecule has 18 heavy (non-hydrogen) atoms. The van der Waals surface area contributed by atoms with Crippen LogP contribution in [0.5, 0.6) is 0 Å². The van der Waals surface area contributed by atoms with E-state index in [0.717, 1.165) is 29.9 Å². The highest BCUT2D eigenvalue weighted by atomic mass is 35.5. The molecule has 0 spiro atoms. The number of para-hydroxylation sites is 2. The molecule has 5 heteroatoms. The fourth-order valence-corrected chi connectivity index (χ4v) is 2.27. The zero-order valence-electron chi connectivity index (χ0n) is 10.3. The molecule has 1 aliphatic rings. The first-order valence-electron chi connectivity index (χ1n) is 6.00. The first-order chi connectivity index (χ1) is 8.34. The second-order valence-electron chi connectivity index (χ2n) is 4.47.